The molecule has 136 valence electrons. The third kappa shape index (κ3) is 7.15. The van der Waals surface area contributed by atoms with E-state index >= 15 is 0 Å². The molecule has 0 radical (unpaired) electrons. The highest BCUT2D eigenvalue weighted by Gasteiger charge is 2.08. The Morgan fingerprint density at radius 2 is 1.76 bits per heavy atom. The number of aryl methyl sites for hydroxylation is 1. The molecule has 1 unspecified atom stereocenters. The second-order valence-electron chi connectivity index (χ2n) is 5.68. The van der Waals surface area contributed by atoms with Crippen molar-refractivity contribution in [2.75, 3.05) is 26.4 Å². The Morgan fingerprint density at radius 1 is 1.12 bits per heavy atom. The maximum Gasteiger partial charge on any atom is 0.193 e. The van der Waals surface area contributed by atoms with Gasteiger partial charge >= 0.3 is 0 Å². The van der Waals surface area contributed by atoms with Gasteiger partial charge in [-0.3, -0.25) is 9.20 Å². The van der Waals surface area contributed by atoms with Gasteiger partial charge in [0.2, 0.25) is 0 Å². The molecular formula is C19H26IN3OS. The first-order valence-electron chi connectivity index (χ1n) is 8.01. The average molecular weight is 471 g/mol. The molecule has 25 heavy (non-hydrogen) atoms. The maximum absolute atomic E-state index is 12.2. The molecule has 6 heteroatoms. The van der Waals surface area contributed by atoms with E-state index < -0.39 is 10.8 Å². The van der Waals surface area contributed by atoms with Crippen molar-refractivity contribution in [2.45, 2.75) is 18.4 Å². The van der Waals surface area contributed by atoms with Crippen molar-refractivity contribution in [1.82, 2.24) is 10.2 Å². The minimum Gasteiger partial charge on any atom is -0.355 e. The van der Waals surface area contributed by atoms with Gasteiger partial charge in [-0.1, -0.05) is 48.0 Å². The van der Waals surface area contributed by atoms with E-state index in [0.29, 0.717) is 12.3 Å². The summed E-state index contributed by atoms with van der Waals surface area (Å²) in [6.07, 6.45) is 0. The highest BCUT2D eigenvalue weighted by Crippen LogP contribution is 2.07. The summed E-state index contributed by atoms with van der Waals surface area (Å²) in [4.78, 5) is 7.23. The van der Waals surface area contributed by atoms with Gasteiger partial charge in [0, 0.05) is 37.8 Å². The zero-order chi connectivity index (χ0) is 17.4. The van der Waals surface area contributed by atoms with Crippen LogP contribution in [0.2, 0.25) is 0 Å². The number of halogens is 1. The summed E-state index contributed by atoms with van der Waals surface area (Å²) in [6, 6.07) is 18.0. The largest absolute Gasteiger partial charge is 0.355 e. The van der Waals surface area contributed by atoms with Crippen molar-refractivity contribution in [2.24, 2.45) is 4.99 Å². The Kier molecular flexibility index (Phi) is 9.74. The average Bonchev–Trinajstić information content (AvgIpc) is 2.61. The minimum atomic E-state index is -0.992. The fourth-order valence-corrected chi connectivity index (χ4v) is 3.36. The van der Waals surface area contributed by atoms with Crippen LogP contribution in [0.3, 0.4) is 0 Å². The molecule has 2 aromatic rings. The highest BCUT2D eigenvalue weighted by atomic mass is 127. The number of aliphatic imine (C=N–C) groups is 1. The lowest BCUT2D eigenvalue weighted by Crippen LogP contribution is -2.40. The Balaban J connectivity index is 0.00000312. The van der Waals surface area contributed by atoms with E-state index in [4.69, 9.17) is 0 Å². The number of guanidine groups is 1. The maximum atomic E-state index is 12.2. The number of nitrogens with zero attached hydrogens (tertiary/aromatic N) is 2. The zero-order valence-corrected chi connectivity index (χ0v) is 18.1. The van der Waals surface area contributed by atoms with E-state index in [1.165, 1.54) is 11.1 Å². The van der Waals surface area contributed by atoms with Gasteiger partial charge in [-0.05, 0) is 24.6 Å². The van der Waals surface area contributed by atoms with Gasteiger partial charge in [-0.15, -0.1) is 24.0 Å². The zero-order valence-electron chi connectivity index (χ0n) is 14.9. The normalized spacial score (nSPS) is 12.2. The first-order valence-corrected chi connectivity index (χ1v) is 9.33. The molecule has 0 spiro atoms. The Bertz CT molecular complexity index is 690. The van der Waals surface area contributed by atoms with Crippen LogP contribution in [0.4, 0.5) is 0 Å². The molecule has 0 saturated heterocycles. The lowest BCUT2D eigenvalue weighted by molar-refractivity contribution is 0.479. The third-order valence-electron chi connectivity index (χ3n) is 3.69. The standard InChI is InChI=1S/C19H25N3OS.HI/c1-16-9-11-17(12-10-16)15-22(3)19(20-2)21-13-14-24(23)18-7-5-4-6-8-18;/h4-12H,13-15H2,1-3H3,(H,20,21);1H. The molecule has 0 aliphatic carbocycles. The number of hydrogen-bond acceptors (Lipinski definition) is 2. The van der Waals surface area contributed by atoms with Crippen LogP contribution in [-0.2, 0) is 17.3 Å². The van der Waals surface area contributed by atoms with Gasteiger partial charge < -0.3 is 10.2 Å². The summed E-state index contributed by atoms with van der Waals surface area (Å²) >= 11 is 0. The Labute approximate surface area is 170 Å². The van der Waals surface area contributed by atoms with Gasteiger partial charge in [0.15, 0.2) is 5.96 Å². The quantitative estimate of drug-likeness (QED) is 0.399. The first-order chi connectivity index (χ1) is 11.6. The predicted molar refractivity (Wildman–Crippen MR) is 117 cm³/mol. The van der Waals surface area contributed by atoms with Crippen molar-refractivity contribution >= 4 is 40.7 Å². The summed E-state index contributed by atoms with van der Waals surface area (Å²) in [7, 11) is 2.78. The SMILES string of the molecule is CN=C(NCCS(=O)c1ccccc1)N(C)Cc1ccc(C)cc1.I. The molecule has 4 nitrogen and oxygen atoms in total. The summed E-state index contributed by atoms with van der Waals surface area (Å²) in [5, 5.41) is 3.28. The molecular weight excluding hydrogens is 445 g/mol. The van der Waals surface area contributed by atoms with Gasteiger partial charge in [0.1, 0.15) is 0 Å². The van der Waals surface area contributed by atoms with Crippen LogP contribution >= 0.6 is 24.0 Å². The van der Waals surface area contributed by atoms with Crippen molar-refractivity contribution in [3.05, 3.63) is 65.7 Å². The molecule has 0 heterocycles. The molecule has 2 rings (SSSR count). The van der Waals surface area contributed by atoms with E-state index in [1.807, 2.05) is 37.4 Å². The number of hydrogen-bond donors (Lipinski definition) is 1. The van der Waals surface area contributed by atoms with E-state index in [-0.39, 0.29) is 24.0 Å². The molecule has 2 aromatic carbocycles. The van der Waals surface area contributed by atoms with Crippen molar-refractivity contribution < 1.29 is 4.21 Å². The van der Waals surface area contributed by atoms with Crippen LogP contribution in [-0.4, -0.2) is 41.5 Å². The molecule has 0 fully saturated rings. The van der Waals surface area contributed by atoms with E-state index in [2.05, 4.69) is 46.4 Å². The summed E-state index contributed by atoms with van der Waals surface area (Å²) in [5.41, 5.74) is 2.49. The fourth-order valence-electron chi connectivity index (χ4n) is 2.37. The van der Waals surface area contributed by atoms with E-state index in [1.54, 1.807) is 7.05 Å². The first kappa shape index (κ1) is 21.6. The molecule has 0 amide bonds. The Morgan fingerprint density at radius 3 is 2.36 bits per heavy atom. The second kappa shape index (κ2) is 11.3. The van der Waals surface area contributed by atoms with Crippen LogP contribution in [0.1, 0.15) is 11.1 Å². The topological polar surface area (TPSA) is 44.7 Å². The Hall–Kier alpha value is -1.41. The lowest BCUT2D eigenvalue weighted by atomic mass is 10.1. The number of rotatable bonds is 6. The van der Waals surface area contributed by atoms with Gasteiger partial charge in [-0.25, -0.2) is 0 Å². The molecule has 1 N–H and O–H groups in total. The monoisotopic (exact) mass is 471 g/mol. The van der Waals surface area contributed by atoms with Gasteiger partial charge in [-0.2, -0.15) is 0 Å². The molecule has 0 aliphatic rings. The number of benzene rings is 2. The minimum absolute atomic E-state index is 0. The molecule has 0 bridgehead atoms. The van der Waals surface area contributed by atoms with Crippen molar-refractivity contribution in [1.29, 1.82) is 0 Å². The fraction of sp³-hybridized carbons (Fsp3) is 0.316. The molecule has 0 saturated carbocycles. The van der Waals surface area contributed by atoms with Gasteiger partial charge in [0.25, 0.3) is 0 Å². The van der Waals surface area contributed by atoms with Crippen molar-refractivity contribution in [3.63, 3.8) is 0 Å². The highest BCUT2D eigenvalue weighted by molar-refractivity contribution is 14.0. The van der Waals surface area contributed by atoms with Crippen LogP contribution in [0.5, 0.6) is 0 Å². The second-order valence-corrected chi connectivity index (χ2v) is 7.25. The number of nitrogens with one attached hydrogen (secondary N) is 1. The van der Waals surface area contributed by atoms with Crippen LogP contribution in [0.25, 0.3) is 0 Å². The van der Waals surface area contributed by atoms with E-state index in [9.17, 15) is 4.21 Å². The molecule has 1 atom stereocenters. The lowest BCUT2D eigenvalue weighted by Gasteiger charge is -2.22. The van der Waals surface area contributed by atoms with E-state index in [0.717, 1.165) is 17.4 Å². The smallest absolute Gasteiger partial charge is 0.193 e. The van der Waals surface area contributed by atoms with Crippen LogP contribution in [0.15, 0.2) is 64.5 Å². The molecule has 0 aliphatic heterocycles. The summed E-state index contributed by atoms with van der Waals surface area (Å²) in [6.45, 7) is 3.48. The predicted octanol–water partition coefficient (Wildman–Crippen LogP) is 3.43. The molecule has 0 aromatic heterocycles. The summed E-state index contributed by atoms with van der Waals surface area (Å²) in [5.74, 6) is 1.36. The van der Waals surface area contributed by atoms with Gasteiger partial charge in [0.05, 0.1) is 10.8 Å². The van der Waals surface area contributed by atoms with Crippen LogP contribution < -0.4 is 5.32 Å². The van der Waals surface area contributed by atoms with Crippen LogP contribution in [0, 0.1) is 6.92 Å². The summed E-state index contributed by atoms with van der Waals surface area (Å²) < 4.78 is 12.2. The third-order valence-corrected chi connectivity index (χ3v) is 5.06. The van der Waals surface area contributed by atoms with Crippen molar-refractivity contribution in [3.8, 4) is 0 Å².